The number of furan rings is 1. The Morgan fingerprint density at radius 3 is 2.81 bits per heavy atom. The predicted octanol–water partition coefficient (Wildman–Crippen LogP) is 0.570. The topological polar surface area (TPSA) is 62.6 Å². The standard InChI is InChI=1S/C10H16N2O3S/c1-8-7-11-5-6-12(8)16(13,14)10-4-3-9(2)15-10/h3-4,8,11H,5-7H2,1-2H3. The summed E-state index contributed by atoms with van der Waals surface area (Å²) in [5.74, 6) is 0.612. The zero-order valence-corrected chi connectivity index (χ0v) is 10.3. The summed E-state index contributed by atoms with van der Waals surface area (Å²) >= 11 is 0. The number of nitrogens with one attached hydrogen (secondary N) is 1. The van der Waals surface area contributed by atoms with Crippen LogP contribution in [-0.2, 0) is 10.0 Å². The molecule has 90 valence electrons. The first-order valence-corrected chi connectivity index (χ1v) is 6.75. The summed E-state index contributed by atoms with van der Waals surface area (Å²) in [7, 11) is -3.46. The lowest BCUT2D eigenvalue weighted by Crippen LogP contribution is -2.51. The quantitative estimate of drug-likeness (QED) is 0.826. The number of nitrogens with zero attached hydrogens (tertiary/aromatic N) is 1. The van der Waals surface area contributed by atoms with Crippen molar-refractivity contribution in [1.29, 1.82) is 0 Å². The van der Waals surface area contributed by atoms with Gasteiger partial charge in [0.15, 0.2) is 0 Å². The molecule has 1 saturated heterocycles. The number of sulfonamides is 1. The van der Waals surface area contributed by atoms with Crippen LogP contribution in [0, 0.1) is 6.92 Å². The molecule has 0 saturated carbocycles. The van der Waals surface area contributed by atoms with Crippen LogP contribution in [0.15, 0.2) is 21.6 Å². The average molecular weight is 244 g/mol. The molecule has 1 aliphatic rings. The summed E-state index contributed by atoms with van der Waals surface area (Å²) < 4.78 is 31.1. The minimum atomic E-state index is -3.46. The van der Waals surface area contributed by atoms with E-state index in [1.54, 1.807) is 13.0 Å². The van der Waals surface area contributed by atoms with Gasteiger partial charge in [0.2, 0.25) is 5.09 Å². The van der Waals surface area contributed by atoms with Gasteiger partial charge in [-0.1, -0.05) is 0 Å². The highest BCUT2D eigenvalue weighted by molar-refractivity contribution is 7.89. The largest absolute Gasteiger partial charge is 0.449 e. The Morgan fingerprint density at radius 1 is 1.50 bits per heavy atom. The van der Waals surface area contributed by atoms with Crippen LogP contribution in [0.3, 0.4) is 0 Å². The fourth-order valence-corrected chi connectivity index (χ4v) is 3.43. The molecule has 5 nitrogen and oxygen atoms in total. The van der Waals surface area contributed by atoms with Crippen molar-refractivity contribution in [3.05, 3.63) is 17.9 Å². The second-order valence-electron chi connectivity index (χ2n) is 4.03. The minimum Gasteiger partial charge on any atom is -0.449 e. The van der Waals surface area contributed by atoms with E-state index in [0.717, 1.165) is 0 Å². The van der Waals surface area contributed by atoms with Crippen LogP contribution in [0.2, 0.25) is 0 Å². The maximum atomic E-state index is 12.2. The predicted molar refractivity (Wildman–Crippen MR) is 59.7 cm³/mol. The van der Waals surface area contributed by atoms with Crippen molar-refractivity contribution in [2.75, 3.05) is 19.6 Å². The molecule has 1 atom stereocenters. The summed E-state index contributed by atoms with van der Waals surface area (Å²) in [5.41, 5.74) is 0. The molecule has 1 N–H and O–H groups in total. The van der Waals surface area contributed by atoms with Crippen molar-refractivity contribution in [2.24, 2.45) is 0 Å². The van der Waals surface area contributed by atoms with E-state index in [2.05, 4.69) is 5.32 Å². The smallest absolute Gasteiger partial charge is 0.276 e. The number of hydrogen-bond acceptors (Lipinski definition) is 4. The van der Waals surface area contributed by atoms with Gasteiger partial charge in [-0.2, -0.15) is 4.31 Å². The summed E-state index contributed by atoms with van der Waals surface area (Å²) in [6.07, 6.45) is 0. The molecule has 1 aromatic rings. The first-order valence-electron chi connectivity index (χ1n) is 5.31. The Labute approximate surface area is 95.5 Å². The Hall–Kier alpha value is -0.850. The van der Waals surface area contributed by atoms with E-state index in [0.29, 0.717) is 25.4 Å². The first-order chi connectivity index (χ1) is 7.51. The van der Waals surface area contributed by atoms with E-state index in [1.807, 2.05) is 6.92 Å². The lowest BCUT2D eigenvalue weighted by Gasteiger charge is -2.31. The second-order valence-corrected chi connectivity index (χ2v) is 5.86. The Morgan fingerprint density at radius 2 is 2.25 bits per heavy atom. The Bertz CT molecular complexity index is 466. The van der Waals surface area contributed by atoms with E-state index in [9.17, 15) is 8.42 Å². The Balaban J connectivity index is 2.31. The molecule has 1 unspecified atom stereocenters. The van der Waals surface area contributed by atoms with Gasteiger partial charge in [-0.05, 0) is 26.0 Å². The molecule has 0 radical (unpaired) electrons. The molecule has 0 aliphatic carbocycles. The lowest BCUT2D eigenvalue weighted by atomic mass is 10.3. The molecule has 0 aromatic carbocycles. The maximum Gasteiger partial charge on any atom is 0.276 e. The molecule has 1 aromatic heterocycles. The molecule has 2 rings (SSSR count). The van der Waals surface area contributed by atoms with Crippen LogP contribution >= 0.6 is 0 Å². The van der Waals surface area contributed by atoms with Gasteiger partial charge in [0.1, 0.15) is 5.76 Å². The second kappa shape index (κ2) is 4.20. The number of aryl methyl sites for hydroxylation is 1. The fourth-order valence-electron chi connectivity index (χ4n) is 1.85. The molecular weight excluding hydrogens is 228 g/mol. The SMILES string of the molecule is Cc1ccc(S(=O)(=O)N2CCNCC2C)o1. The van der Waals surface area contributed by atoms with Gasteiger partial charge in [0.05, 0.1) is 0 Å². The molecular formula is C10H16N2O3S. The zero-order valence-electron chi connectivity index (χ0n) is 9.43. The summed E-state index contributed by atoms with van der Waals surface area (Å²) in [4.78, 5) is 0. The van der Waals surface area contributed by atoms with Crippen LogP contribution in [0.25, 0.3) is 0 Å². The highest BCUT2D eigenvalue weighted by Gasteiger charge is 2.32. The van der Waals surface area contributed by atoms with Crippen molar-refractivity contribution < 1.29 is 12.8 Å². The molecule has 0 amide bonds. The maximum absolute atomic E-state index is 12.2. The Kier molecular flexibility index (Phi) is 3.05. The van der Waals surface area contributed by atoms with Gasteiger partial charge in [-0.15, -0.1) is 0 Å². The first kappa shape index (κ1) is 11.6. The molecule has 16 heavy (non-hydrogen) atoms. The van der Waals surface area contributed by atoms with Crippen molar-refractivity contribution in [3.63, 3.8) is 0 Å². The van der Waals surface area contributed by atoms with E-state index in [-0.39, 0.29) is 11.1 Å². The van der Waals surface area contributed by atoms with Gasteiger partial charge >= 0.3 is 0 Å². The normalized spacial score (nSPS) is 23.5. The average Bonchev–Trinajstić information content (AvgIpc) is 2.66. The monoisotopic (exact) mass is 244 g/mol. The van der Waals surface area contributed by atoms with Crippen LogP contribution in [-0.4, -0.2) is 38.4 Å². The van der Waals surface area contributed by atoms with E-state index in [4.69, 9.17) is 4.42 Å². The van der Waals surface area contributed by atoms with Gasteiger partial charge in [0.25, 0.3) is 10.0 Å². The van der Waals surface area contributed by atoms with Gasteiger partial charge in [0, 0.05) is 25.7 Å². The lowest BCUT2D eigenvalue weighted by molar-refractivity contribution is 0.275. The molecule has 0 spiro atoms. The van der Waals surface area contributed by atoms with Gasteiger partial charge < -0.3 is 9.73 Å². The molecule has 0 bridgehead atoms. The van der Waals surface area contributed by atoms with Gasteiger partial charge in [-0.25, -0.2) is 8.42 Å². The van der Waals surface area contributed by atoms with Crippen LogP contribution < -0.4 is 5.32 Å². The third-order valence-electron chi connectivity index (χ3n) is 2.72. The third-order valence-corrected chi connectivity index (χ3v) is 4.61. The number of hydrogen-bond donors (Lipinski definition) is 1. The van der Waals surface area contributed by atoms with Crippen molar-refractivity contribution in [1.82, 2.24) is 9.62 Å². The fraction of sp³-hybridized carbons (Fsp3) is 0.600. The van der Waals surface area contributed by atoms with E-state index >= 15 is 0 Å². The minimum absolute atomic E-state index is 0.0378. The van der Waals surface area contributed by atoms with Crippen LogP contribution in [0.1, 0.15) is 12.7 Å². The molecule has 6 heteroatoms. The van der Waals surface area contributed by atoms with Crippen molar-refractivity contribution in [2.45, 2.75) is 25.0 Å². The van der Waals surface area contributed by atoms with Crippen LogP contribution in [0.4, 0.5) is 0 Å². The van der Waals surface area contributed by atoms with E-state index in [1.165, 1.54) is 10.4 Å². The van der Waals surface area contributed by atoms with E-state index < -0.39 is 10.0 Å². The number of piperazine rings is 1. The summed E-state index contributed by atoms with van der Waals surface area (Å²) in [6.45, 7) is 5.48. The van der Waals surface area contributed by atoms with Crippen molar-refractivity contribution in [3.8, 4) is 0 Å². The zero-order chi connectivity index (χ0) is 11.8. The van der Waals surface area contributed by atoms with Crippen LogP contribution in [0.5, 0.6) is 0 Å². The van der Waals surface area contributed by atoms with Crippen molar-refractivity contribution >= 4 is 10.0 Å². The number of rotatable bonds is 2. The van der Waals surface area contributed by atoms with Gasteiger partial charge in [-0.3, -0.25) is 0 Å². The summed E-state index contributed by atoms with van der Waals surface area (Å²) in [6, 6.07) is 3.14. The molecule has 1 aliphatic heterocycles. The highest BCUT2D eigenvalue weighted by Crippen LogP contribution is 2.21. The summed E-state index contributed by atoms with van der Waals surface area (Å²) in [5, 5.41) is 3.20. The highest BCUT2D eigenvalue weighted by atomic mass is 32.2. The molecule has 1 fully saturated rings. The third kappa shape index (κ3) is 2.00. The molecule has 2 heterocycles.